The predicted octanol–water partition coefficient (Wildman–Crippen LogP) is 7.49. The van der Waals surface area contributed by atoms with E-state index in [2.05, 4.69) is 0 Å². The molecule has 0 fully saturated rings. The summed E-state index contributed by atoms with van der Waals surface area (Å²) >= 11 is 11.7. The molecule has 4 aromatic carbocycles. The lowest BCUT2D eigenvalue weighted by molar-refractivity contribution is 0.481. The van der Waals surface area contributed by atoms with Gasteiger partial charge in [0.05, 0.1) is 10.0 Å². The third-order valence-corrected chi connectivity index (χ3v) is 8.23. The van der Waals surface area contributed by atoms with Crippen molar-refractivity contribution in [2.45, 2.75) is 9.79 Å². The van der Waals surface area contributed by atoms with Crippen LogP contribution < -0.4 is 0 Å². The van der Waals surface area contributed by atoms with Gasteiger partial charge < -0.3 is 0 Å². The van der Waals surface area contributed by atoms with Crippen LogP contribution in [-0.4, -0.2) is 25.9 Å². The molecular weight excluding hydrogens is 567 g/mol. The molecule has 0 atom stereocenters. The lowest BCUT2D eigenvalue weighted by Crippen LogP contribution is -1.99. The van der Waals surface area contributed by atoms with Gasteiger partial charge in [-0.3, -0.25) is 9.11 Å². The molecule has 0 heterocycles. The zero-order chi connectivity index (χ0) is 27.5. The lowest BCUT2D eigenvalue weighted by atomic mass is 10.0. The normalized spacial score (nSPS) is 12.4. The van der Waals surface area contributed by atoms with Gasteiger partial charge in [0.1, 0.15) is 9.79 Å². The summed E-state index contributed by atoms with van der Waals surface area (Å²) in [6.45, 7) is 0. The van der Waals surface area contributed by atoms with E-state index in [0.29, 0.717) is 11.1 Å². The highest BCUT2D eigenvalue weighted by atomic mass is 35.5. The maximum Gasteiger partial charge on any atom is 0.296 e. The van der Waals surface area contributed by atoms with Crippen molar-refractivity contribution in [1.29, 1.82) is 0 Å². The van der Waals surface area contributed by atoms with Crippen molar-refractivity contribution >= 4 is 67.7 Å². The highest BCUT2D eigenvalue weighted by Gasteiger charge is 2.15. The molecule has 0 bridgehead atoms. The molecule has 2 N–H and O–H groups in total. The third kappa shape index (κ3) is 6.99. The standard InChI is InChI=1S/C28H20Cl2O6S2/c29-25-15-9-21(17-27(25)37(31,32)33)3-1-19-5-11-23(12-6-19)24-13-7-20(8-14-24)2-4-22-10-16-26(30)28(18-22)38(34,35)36/h1-18H,(H,31,32,33)(H,34,35,36)/b3-1+,4-2+. The van der Waals surface area contributed by atoms with E-state index in [1.165, 1.54) is 24.3 Å². The lowest BCUT2D eigenvalue weighted by Gasteiger charge is -2.04. The van der Waals surface area contributed by atoms with Crippen molar-refractivity contribution in [2.24, 2.45) is 0 Å². The van der Waals surface area contributed by atoms with E-state index in [-0.39, 0.29) is 19.8 Å². The van der Waals surface area contributed by atoms with Gasteiger partial charge in [-0.25, -0.2) is 0 Å². The fourth-order valence-corrected chi connectivity index (χ4v) is 5.62. The Morgan fingerprint density at radius 2 is 0.763 bits per heavy atom. The first-order valence-electron chi connectivity index (χ1n) is 11.0. The highest BCUT2D eigenvalue weighted by molar-refractivity contribution is 7.86. The van der Waals surface area contributed by atoms with Crippen LogP contribution in [0.4, 0.5) is 0 Å². The van der Waals surface area contributed by atoms with E-state index < -0.39 is 20.2 Å². The molecule has 0 aromatic heterocycles. The number of hydrogen-bond donors (Lipinski definition) is 2. The van der Waals surface area contributed by atoms with Crippen molar-refractivity contribution in [3.8, 4) is 11.1 Å². The Morgan fingerprint density at radius 3 is 1.08 bits per heavy atom. The monoisotopic (exact) mass is 586 g/mol. The Labute approximate surface area is 231 Å². The number of hydrogen-bond acceptors (Lipinski definition) is 4. The Morgan fingerprint density at radius 1 is 0.474 bits per heavy atom. The number of benzene rings is 4. The summed E-state index contributed by atoms with van der Waals surface area (Å²) in [6.07, 6.45) is 7.08. The second-order valence-electron chi connectivity index (χ2n) is 8.24. The average molecular weight is 588 g/mol. The predicted molar refractivity (Wildman–Crippen MR) is 152 cm³/mol. The SMILES string of the molecule is O=S(=O)(O)c1cc(/C=C/c2ccc(-c3ccc(/C=C/c4ccc(Cl)c(S(=O)(=O)O)c4)cc3)cc2)ccc1Cl. The van der Waals surface area contributed by atoms with Gasteiger partial charge in [-0.2, -0.15) is 16.8 Å². The minimum Gasteiger partial charge on any atom is -0.282 e. The zero-order valence-electron chi connectivity index (χ0n) is 19.5. The van der Waals surface area contributed by atoms with Crippen molar-refractivity contribution < 1.29 is 25.9 Å². The largest absolute Gasteiger partial charge is 0.296 e. The maximum atomic E-state index is 11.4. The molecule has 4 rings (SSSR count). The number of rotatable bonds is 7. The van der Waals surface area contributed by atoms with E-state index in [1.54, 1.807) is 24.3 Å². The van der Waals surface area contributed by atoms with Crippen LogP contribution in [0.2, 0.25) is 10.0 Å². The van der Waals surface area contributed by atoms with Crippen LogP contribution in [0.5, 0.6) is 0 Å². The van der Waals surface area contributed by atoms with E-state index in [1.807, 2.05) is 60.7 Å². The molecule has 6 nitrogen and oxygen atoms in total. The molecule has 0 saturated carbocycles. The molecule has 10 heteroatoms. The van der Waals surface area contributed by atoms with E-state index in [4.69, 9.17) is 23.2 Å². The summed E-state index contributed by atoms with van der Waals surface area (Å²) < 4.78 is 64.3. The average Bonchev–Trinajstić information content (AvgIpc) is 2.87. The molecule has 0 aliphatic carbocycles. The molecule has 4 aromatic rings. The summed E-state index contributed by atoms with van der Waals surface area (Å²) in [5, 5.41) is -0.0986. The summed E-state index contributed by atoms with van der Waals surface area (Å²) in [5.41, 5.74) is 4.92. The molecule has 38 heavy (non-hydrogen) atoms. The van der Waals surface area contributed by atoms with Crippen LogP contribution in [0.15, 0.2) is 94.7 Å². The molecule has 0 saturated heterocycles. The highest BCUT2D eigenvalue weighted by Crippen LogP contribution is 2.26. The van der Waals surface area contributed by atoms with Crippen molar-refractivity contribution in [3.63, 3.8) is 0 Å². The van der Waals surface area contributed by atoms with Gasteiger partial charge in [0.2, 0.25) is 0 Å². The minimum atomic E-state index is -4.41. The fourth-order valence-electron chi connectivity index (χ4n) is 3.60. The Bertz CT molecular complexity index is 1630. The summed E-state index contributed by atoms with van der Waals surface area (Å²) in [6, 6.07) is 24.3. The third-order valence-electron chi connectivity index (χ3n) is 5.56. The van der Waals surface area contributed by atoms with Gasteiger partial charge in [-0.15, -0.1) is 0 Å². The molecule has 0 aliphatic heterocycles. The fraction of sp³-hybridized carbons (Fsp3) is 0. The zero-order valence-corrected chi connectivity index (χ0v) is 22.6. The first-order valence-corrected chi connectivity index (χ1v) is 14.6. The Kier molecular flexibility index (Phi) is 8.22. The van der Waals surface area contributed by atoms with Crippen molar-refractivity contribution in [2.75, 3.05) is 0 Å². The summed E-state index contributed by atoms with van der Waals surface area (Å²) in [5.74, 6) is 0. The summed E-state index contributed by atoms with van der Waals surface area (Å²) in [4.78, 5) is -0.683. The molecule has 194 valence electrons. The van der Waals surface area contributed by atoms with E-state index in [9.17, 15) is 25.9 Å². The molecule has 0 aliphatic rings. The van der Waals surface area contributed by atoms with E-state index >= 15 is 0 Å². The van der Waals surface area contributed by atoms with Crippen LogP contribution in [0.25, 0.3) is 35.4 Å². The molecule has 0 amide bonds. The maximum absolute atomic E-state index is 11.4. The molecular formula is C28H20Cl2O6S2. The second-order valence-corrected chi connectivity index (χ2v) is 11.8. The van der Waals surface area contributed by atoms with E-state index in [0.717, 1.165) is 22.3 Å². The van der Waals surface area contributed by atoms with Crippen LogP contribution in [0.3, 0.4) is 0 Å². The first-order chi connectivity index (χ1) is 17.9. The van der Waals surface area contributed by atoms with Crippen molar-refractivity contribution in [3.05, 3.63) is 117 Å². The summed E-state index contributed by atoms with van der Waals surface area (Å²) in [7, 11) is -8.82. The minimum absolute atomic E-state index is 0.0493. The molecule has 0 radical (unpaired) electrons. The Balaban J connectivity index is 1.46. The van der Waals surface area contributed by atoms with Crippen LogP contribution in [-0.2, 0) is 20.2 Å². The molecule has 0 spiro atoms. The number of halogens is 2. The molecule has 0 unspecified atom stereocenters. The van der Waals surface area contributed by atoms with Crippen LogP contribution >= 0.6 is 23.2 Å². The van der Waals surface area contributed by atoms with Gasteiger partial charge in [-0.05, 0) is 57.6 Å². The second kappa shape index (κ2) is 11.2. The Hall–Kier alpha value is -3.24. The van der Waals surface area contributed by atoms with Crippen LogP contribution in [0.1, 0.15) is 22.3 Å². The quantitative estimate of drug-likeness (QED) is 0.171. The van der Waals surface area contributed by atoms with Gasteiger partial charge in [-0.1, -0.05) is 108 Å². The smallest absolute Gasteiger partial charge is 0.282 e. The topological polar surface area (TPSA) is 109 Å². The van der Waals surface area contributed by atoms with Crippen LogP contribution in [0, 0.1) is 0 Å². The van der Waals surface area contributed by atoms with Crippen molar-refractivity contribution in [1.82, 2.24) is 0 Å². The first kappa shape index (κ1) is 27.8. The van der Waals surface area contributed by atoms with Gasteiger partial charge in [0, 0.05) is 0 Å². The van der Waals surface area contributed by atoms with Gasteiger partial charge in [0.25, 0.3) is 20.2 Å². The van der Waals surface area contributed by atoms with Gasteiger partial charge in [0.15, 0.2) is 0 Å². The van der Waals surface area contributed by atoms with Gasteiger partial charge >= 0.3 is 0 Å².